The quantitative estimate of drug-likeness (QED) is 0.147. The summed E-state index contributed by atoms with van der Waals surface area (Å²) < 4.78 is 50.7. The number of nitrogens with one attached hydrogen (secondary N) is 2. The molecule has 6 nitrogen and oxygen atoms in total. The fourth-order valence-corrected chi connectivity index (χ4v) is 5.48. The average molecular weight is 571 g/mol. The summed E-state index contributed by atoms with van der Waals surface area (Å²) in [5, 5.41) is 6.52. The maximum Gasteiger partial charge on any atom is 0.257 e. The Bertz CT molecular complexity index is 1100. The molecule has 2 heterocycles. The standard InChI is InChI=1S/C27H38F3N4O2PS/c1-26(28,29)12-4-14-36-21-6-3-5-19(15-21)9-10-20-16-22-23(25(35)31-20)24(33-38-17-27(2,30)37)34(32-22)13-11-18-7-8-18/h3,5-6,15,18,20,33H,4,7-14,16-17,37H2,1-2H3,(H,31,35). The summed E-state index contributed by atoms with van der Waals surface area (Å²) in [5.74, 6) is -0.570. The fraction of sp³-hybridized carbons (Fsp3) is 0.630. The van der Waals surface area contributed by atoms with Crippen molar-refractivity contribution in [3.8, 4) is 5.75 Å². The molecule has 1 aromatic carbocycles. The number of benzene rings is 1. The number of carbonyl (C=O) groups is 1. The molecule has 0 radical (unpaired) electrons. The lowest BCUT2D eigenvalue weighted by atomic mass is 9.96. The third-order valence-electron chi connectivity index (χ3n) is 6.71. The third kappa shape index (κ3) is 9.08. The van der Waals surface area contributed by atoms with Gasteiger partial charge in [0.2, 0.25) is 5.92 Å². The number of rotatable bonds is 15. The molecule has 3 unspecified atom stereocenters. The third-order valence-corrected chi connectivity index (χ3v) is 8.25. The molecule has 2 N–H and O–H groups in total. The van der Waals surface area contributed by atoms with Gasteiger partial charge in [0.25, 0.3) is 5.91 Å². The van der Waals surface area contributed by atoms with E-state index in [4.69, 9.17) is 9.84 Å². The number of hydrogen-bond donors (Lipinski definition) is 2. The lowest BCUT2D eigenvalue weighted by Gasteiger charge is -2.23. The lowest BCUT2D eigenvalue weighted by Crippen LogP contribution is -2.41. The van der Waals surface area contributed by atoms with Gasteiger partial charge >= 0.3 is 0 Å². The highest BCUT2D eigenvalue weighted by Crippen LogP contribution is 2.35. The SMILES string of the molecule is CC(F)(F)CCCOc1cccc(CCC2Cc3nn(CCC4CC4)c(NSCC(C)(F)P)c3C(=O)N2)c1. The summed E-state index contributed by atoms with van der Waals surface area (Å²) in [4.78, 5) is 13.2. The normalized spacial score (nSPS) is 19.0. The molecule has 4 rings (SSSR count). The van der Waals surface area contributed by atoms with E-state index in [-0.39, 0.29) is 37.2 Å². The Labute approximate surface area is 229 Å². The van der Waals surface area contributed by atoms with Crippen LogP contribution in [0.3, 0.4) is 0 Å². The van der Waals surface area contributed by atoms with Crippen LogP contribution in [0.2, 0.25) is 0 Å². The van der Waals surface area contributed by atoms with Crippen molar-refractivity contribution >= 4 is 32.9 Å². The number of amides is 1. The second-order valence-corrected chi connectivity index (χ2v) is 12.9. The number of alkyl halides is 3. The minimum absolute atomic E-state index is 0.0557. The maximum atomic E-state index is 14.0. The minimum Gasteiger partial charge on any atom is -0.494 e. The number of aryl methyl sites for hydroxylation is 2. The molecule has 0 saturated heterocycles. The van der Waals surface area contributed by atoms with Crippen LogP contribution >= 0.6 is 21.2 Å². The monoisotopic (exact) mass is 570 g/mol. The van der Waals surface area contributed by atoms with Crippen LogP contribution in [0.5, 0.6) is 5.75 Å². The van der Waals surface area contributed by atoms with Crippen molar-refractivity contribution in [3.05, 3.63) is 41.1 Å². The molecule has 210 valence electrons. The first-order chi connectivity index (χ1) is 18.0. The molecule has 2 aliphatic rings. The average Bonchev–Trinajstić information content (AvgIpc) is 3.59. The van der Waals surface area contributed by atoms with Gasteiger partial charge in [-0.2, -0.15) is 5.10 Å². The van der Waals surface area contributed by atoms with Gasteiger partial charge in [-0.3, -0.25) is 4.79 Å². The van der Waals surface area contributed by atoms with Crippen LogP contribution in [0.15, 0.2) is 24.3 Å². The molecular formula is C27H38F3N4O2PS. The number of carbonyl (C=O) groups excluding carboxylic acids is 1. The van der Waals surface area contributed by atoms with Crippen LogP contribution in [-0.4, -0.2) is 45.4 Å². The zero-order valence-corrected chi connectivity index (χ0v) is 24.0. The van der Waals surface area contributed by atoms with Gasteiger partial charge in [0.15, 0.2) is 0 Å². The van der Waals surface area contributed by atoms with E-state index in [1.165, 1.54) is 31.7 Å². The van der Waals surface area contributed by atoms with Gasteiger partial charge in [-0.25, -0.2) is 17.9 Å². The van der Waals surface area contributed by atoms with Crippen molar-refractivity contribution in [3.63, 3.8) is 0 Å². The first-order valence-corrected chi connectivity index (χ1v) is 14.9. The summed E-state index contributed by atoms with van der Waals surface area (Å²) in [7, 11) is 2.19. The first kappa shape index (κ1) is 29.1. The zero-order chi connectivity index (χ0) is 27.3. The van der Waals surface area contributed by atoms with Crippen LogP contribution in [0.4, 0.5) is 19.0 Å². The molecule has 2 aromatic rings. The molecule has 1 amide bonds. The molecule has 1 aliphatic carbocycles. The van der Waals surface area contributed by atoms with E-state index in [2.05, 4.69) is 19.3 Å². The van der Waals surface area contributed by atoms with Crippen molar-refractivity contribution in [2.45, 2.75) is 89.1 Å². The van der Waals surface area contributed by atoms with Crippen molar-refractivity contribution < 1.29 is 22.7 Å². The molecule has 1 fully saturated rings. The number of fused-ring (bicyclic) bond motifs is 1. The molecule has 0 spiro atoms. The molecule has 11 heteroatoms. The first-order valence-electron chi connectivity index (χ1n) is 13.3. The van der Waals surface area contributed by atoms with E-state index in [0.717, 1.165) is 49.9 Å². The number of hydrogen-bond acceptors (Lipinski definition) is 5. The van der Waals surface area contributed by atoms with Crippen molar-refractivity contribution in [1.29, 1.82) is 0 Å². The molecule has 1 aliphatic heterocycles. The molecular weight excluding hydrogens is 532 g/mol. The van der Waals surface area contributed by atoms with Crippen LogP contribution in [0.1, 0.15) is 74.0 Å². The predicted octanol–water partition coefficient (Wildman–Crippen LogP) is 6.41. The van der Waals surface area contributed by atoms with Crippen LogP contribution < -0.4 is 14.8 Å². The Morgan fingerprint density at radius 3 is 2.76 bits per heavy atom. The topological polar surface area (TPSA) is 68.2 Å². The number of aromatic nitrogens is 2. The van der Waals surface area contributed by atoms with Crippen LogP contribution in [0.25, 0.3) is 0 Å². The smallest absolute Gasteiger partial charge is 0.257 e. The highest BCUT2D eigenvalue weighted by molar-refractivity contribution is 8.00. The molecule has 0 bridgehead atoms. The fourth-order valence-electron chi connectivity index (χ4n) is 4.54. The largest absolute Gasteiger partial charge is 0.494 e. The number of halogens is 3. The highest BCUT2D eigenvalue weighted by Gasteiger charge is 2.32. The summed E-state index contributed by atoms with van der Waals surface area (Å²) in [6.45, 7) is 3.39. The van der Waals surface area contributed by atoms with E-state index in [0.29, 0.717) is 23.6 Å². The van der Waals surface area contributed by atoms with E-state index in [1.54, 1.807) is 0 Å². The van der Waals surface area contributed by atoms with E-state index < -0.39 is 11.3 Å². The van der Waals surface area contributed by atoms with Crippen molar-refractivity contribution in [1.82, 2.24) is 15.1 Å². The second-order valence-electron chi connectivity index (χ2n) is 10.9. The van der Waals surface area contributed by atoms with E-state index >= 15 is 0 Å². The van der Waals surface area contributed by atoms with Gasteiger partial charge in [0, 0.05) is 25.4 Å². The van der Waals surface area contributed by atoms with Gasteiger partial charge in [-0.05, 0) is 75.1 Å². The number of nitrogens with zero attached hydrogens (tertiary/aromatic N) is 2. The Morgan fingerprint density at radius 2 is 2.05 bits per heavy atom. The van der Waals surface area contributed by atoms with Gasteiger partial charge in [-0.15, -0.1) is 0 Å². The predicted molar refractivity (Wildman–Crippen MR) is 150 cm³/mol. The number of anilines is 1. The van der Waals surface area contributed by atoms with Gasteiger partial charge in [-0.1, -0.05) is 34.2 Å². The van der Waals surface area contributed by atoms with Crippen molar-refractivity contribution in [2.24, 2.45) is 5.92 Å². The van der Waals surface area contributed by atoms with Gasteiger partial charge in [0.1, 0.15) is 22.5 Å². The maximum absolute atomic E-state index is 14.0. The van der Waals surface area contributed by atoms with Crippen LogP contribution in [-0.2, 0) is 19.4 Å². The Kier molecular flexibility index (Phi) is 9.56. The summed E-state index contributed by atoms with van der Waals surface area (Å²) in [5.41, 5.74) is 2.39. The molecule has 1 saturated carbocycles. The van der Waals surface area contributed by atoms with Gasteiger partial charge < -0.3 is 14.8 Å². The minimum atomic E-state index is -2.68. The zero-order valence-electron chi connectivity index (χ0n) is 22.1. The number of ether oxygens (including phenoxy) is 1. The Balaban J connectivity index is 1.35. The van der Waals surface area contributed by atoms with Gasteiger partial charge in [0.05, 0.1) is 18.1 Å². The highest BCUT2D eigenvalue weighted by atomic mass is 32.2. The summed E-state index contributed by atoms with van der Waals surface area (Å²) >= 11 is 1.24. The van der Waals surface area contributed by atoms with E-state index in [9.17, 15) is 18.0 Å². The summed E-state index contributed by atoms with van der Waals surface area (Å²) in [6.07, 6.45) is 5.70. The second kappa shape index (κ2) is 12.5. The van der Waals surface area contributed by atoms with Crippen LogP contribution in [0, 0.1) is 5.92 Å². The molecule has 38 heavy (non-hydrogen) atoms. The summed E-state index contributed by atoms with van der Waals surface area (Å²) in [6, 6.07) is 7.59. The van der Waals surface area contributed by atoms with E-state index in [1.807, 2.05) is 28.9 Å². The lowest BCUT2D eigenvalue weighted by molar-refractivity contribution is 0.00768. The molecule has 1 aromatic heterocycles. The Hall–Kier alpha value is -1.93. The Morgan fingerprint density at radius 1 is 1.26 bits per heavy atom. The molecule has 3 atom stereocenters. The van der Waals surface area contributed by atoms with Crippen molar-refractivity contribution in [2.75, 3.05) is 17.1 Å².